The van der Waals surface area contributed by atoms with Crippen molar-refractivity contribution in [1.82, 2.24) is 14.6 Å². The van der Waals surface area contributed by atoms with Crippen LogP contribution in [-0.4, -0.2) is 21.2 Å². The van der Waals surface area contributed by atoms with Gasteiger partial charge >= 0.3 is 6.18 Å². The average Bonchev–Trinajstić information content (AvgIpc) is 2.95. The first-order chi connectivity index (χ1) is 8.95. The molecule has 4 nitrogen and oxygen atoms in total. The maximum Gasteiger partial charge on any atom is 0.433 e. The molecule has 1 fully saturated rings. The van der Waals surface area contributed by atoms with Gasteiger partial charge in [-0.25, -0.2) is 9.50 Å². The summed E-state index contributed by atoms with van der Waals surface area (Å²) in [5.74, 6) is 0. The highest BCUT2D eigenvalue weighted by Crippen LogP contribution is 2.30. The van der Waals surface area contributed by atoms with E-state index in [1.54, 1.807) is 6.07 Å². The predicted molar refractivity (Wildman–Crippen MR) is 63.3 cm³/mol. The summed E-state index contributed by atoms with van der Waals surface area (Å²) in [5, 5.41) is 2.94. The number of nitrogens with zero attached hydrogens (tertiary/aromatic N) is 2. The number of hydrogen-bond donors (Lipinski definition) is 1. The standard InChI is InChI=1S/C11H10F3N3OS/c12-11(13,14)8-5-10(19)17-9(15-8)4-6(16-17)7-2-1-3-18-7/h4-5,7,16H,1-3H2. The first-order valence-electron chi connectivity index (χ1n) is 5.77. The lowest BCUT2D eigenvalue weighted by Gasteiger charge is -2.05. The quantitative estimate of drug-likeness (QED) is 0.819. The maximum absolute atomic E-state index is 12.7. The zero-order valence-electron chi connectivity index (χ0n) is 9.70. The van der Waals surface area contributed by atoms with E-state index >= 15 is 0 Å². The van der Waals surface area contributed by atoms with Crippen molar-refractivity contribution < 1.29 is 17.9 Å². The summed E-state index contributed by atoms with van der Waals surface area (Å²) < 4.78 is 44.8. The number of ether oxygens (including phenoxy) is 1. The Morgan fingerprint density at radius 1 is 1.42 bits per heavy atom. The molecule has 0 aliphatic carbocycles. The molecule has 3 rings (SSSR count). The normalized spacial score (nSPS) is 20.3. The molecule has 1 saturated heterocycles. The number of hydrogen-bond acceptors (Lipinski definition) is 3. The lowest BCUT2D eigenvalue weighted by molar-refractivity contribution is -0.141. The van der Waals surface area contributed by atoms with Crippen LogP contribution in [0.2, 0.25) is 0 Å². The smallest absolute Gasteiger partial charge is 0.372 e. The molecule has 102 valence electrons. The van der Waals surface area contributed by atoms with Crippen molar-refractivity contribution >= 4 is 17.9 Å². The van der Waals surface area contributed by atoms with Gasteiger partial charge in [0.15, 0.2) is 5.65 Å². The highest BCUT2D eigenvalue weighted by atomic mass is 32.1. The Bertz CT molecular complexity index is 670. The molecule has 0 spiro atoms. The van der Waals surface area contributed by atoms with E-state index in [4.69, 9.17) is 17.0 Å². The van der Waals surface area contributed by atoms with Gasteiger partial charge in [-0.05, 0) is 12.8 Å². The zero-order valence-corrected chi connectivity index (χ0v) is 10.5. The largest absolute Gasteiger partial charge is 0.433 e. The van der Waals surface area contributed by atoms with Crippen molar-refractivity contribution in [3.63, 3.8) is 0 Å². The van der Waals surface area contributed by atoms with Crippen LogP contribution in [-0.2, 0) is 10.9 Å². The molecule has 19 heavy (non-hydrogen) atoms. The van der Waals surface area contributed by atoms with Crippen molar-refractivity contribution in [2.45, 2.75) is 25.1 Å². The molecule has 2 aromatic heterocycles. The van der Waals surface area contributed by atoms with Gasteiger partial charge in [0.25, 0.3) is 0 Å². The van der Waals surface area contributed by atoms with Crippen molar-refractivity contribution in [3.05, 3.63) is 28.2 Å². The van der Waals surface area contributed by atoms with Crippen LogP contribution in [0.5, 0.6) is 0 Å². The first-order valence-corrected chi connectivity index (χ1v) is 6.17. The minimum atomic E-state index is -4.50. The van der Waals surface area contributed by atoms with E-state index in [2.05, 4.69) is 10.1 Å². The van der Waals surface area contributed by atoms with E-state index < -0.39 is 11.9 Å². The van der Waals surface area contributed by atoms with Crippen LogP contribution in [0.4, 0.5) is 13.2 Å². The molecule has 1 aliphatic heterocycles. The second-order valence-electron chi connectivity index (χ2n) is 4.38. The van der Waals surface area contributed by atoms with E-state index in [0.717, 1.165) is 18.9 Å². The number of halogens is 3. The van der Waals surface area contributed by atoms with Crippen LogP contribution < -0.4 is 0 Å². The molecule has 1 unspecified atom stereocenters. The Balaban J connectivity index is 2.12. The fraction of sp³-hybridized carbons (Fsp3) is 0.455. The van der Waals surface area contributed by atoms with Crippen molar-refractivity contribution in [2.24, 2.45) is 0 Å². The van der Waals surface area contributed by atoms with Gasteiger partial charge in [-0.15, -0.1) is 0 Å². The van der Waals surface area contributed by atoms with Crippen molar-refractivity contribution in [2.75, 3.05) is 6.61 Å². The van der Waals surface area contributed by atoms with E-state index in [1.165, 1.54) is 4.52 Å². The van der Waals surface area contributed by atoms with Gasteiger partial charge < -0.3 is 4.74 Å². The predicted octanol–water partition coefficient (Wildman–Crippen LogP) is 3.26. The summed E-state index contributed by atoms with van der Waals surface area (Å²) in [6.45, 7) is 0.659. The molecular weight excluding hydrogens is 279 g/mol. The number of aromatic amines is 1. The Morgan fingerprint density at radius 2 is 2.21 bits per heavy atom. The fourth-order valence-corrected chi connectivity index (χ4v) is 2.39. The van der Waals surface area contributed by atoms with Crippen molar-refractivity contribution in [1.29, 1.82) is 0 Å². The average molecular weight is 289 g/mol. The monoisotopic (exact) mass is 289 g/mol. The number of alkyl halides is 3. The number of H-pyrrole nitrogens is 1. The molecular formula is C11H10F3N3OS. The number of rotatable bonds is 1. The summed E-state index contributed by atoms with van der Waals surface area (Å²) in [6, 6.07) is 2.40. The van der Waals surface area contributed by atoms with Gasteiger partial charge in [-0.3, -0.25) is 5.10 Å². The highest BCUT2D eigenvalue weighted by molar-refractivity contribution is 7.71. The Hall–Kier alpha value is -1.41. The third-order valence-corrected chi connectivity index (χ3v) is 3.34. The summed E-state index contributed by atoms with van der Waals surface area (Å²) in [4.78, 5) is 3.58. The number of aromatic nitrogens is 3. The van der Waals surface area contributed by atoms with Gasteiger partial charge in [0, 0.05) is 18.7 Å². The van der Waals surface area contributed by atoms with E-state index in [-0.39, 0.29) is 16.4 Å². The lowest BCUT2D eigenvalue weighted by atomic mass is 10.2. The summed E-state index contributed by atoms with van der Waals surface area (Å²) in [5.41, 5.74) is -0.115. The molecule has 1 N–H and O–H groups in total. The number of nitrogens with one attached hydrogen (secondary N) is 1. The zero-order chi connectivity index (χ0) is 13.6. The fourth-order valence-electron chi connectivity index (χ4n) is 2.14. The summed E-state index contributed by atoms with van der Waals surface area (Å²) in [6.07, 6.45) is -2.84. The Labute approximate surface area is 111 Å². The molecule has 0 aromatic carbocycles. The molecule has 0 amide bonds. The minimum absolute atomic E-state index is 0.0431. The molecule has 1 atom stereocenters. The molecule has 2 aromatic rings. The van der Waals surface area contributed by atoms with Crippen LogP contribution in [0.15, 0.2) is 12.1 Å². The minimum Gasteiger partial charge on any atom is -0.372 e. The van der Waals surface area contributed by atoms with Gasteiger partial charge in [0.2, 0.25) is 0 Å². The summed E-state index contributed by atoms with van der Waals surface area (Å²) in [7, 11) is 0. The van der Waals surface area contributed by atoms with Crippen LogP contribution in [0.1, 0.15) is 30.3 Å². The third kappa shape index (κ3) is 2.25. The second-order valence-corrected chi connectivity index (χ2v) is 4.80. The van der Waals surface area contributed by atoms with Gasteiger partial charge in [-0.1, -0.05) is 12.2 Å². The summed E-state index contributed by atoms with van der Waals surface area (Å²) >= 11 is 4.95. The van der Waals surface area contributed by atoms with Crippen LogP contribution >= 0.6 is 12.2 Å². The molecule has 0 bridgehead atoms. The van der Waals surface area contributed by atoms with Gasteiger partial charge in [0.1, 0.15) is 10.3 Å². The van der Waals surface area contributed by atoms with Crippen LogP contribution in [0, 0.1) is 4.64 Å². The Kier molecular flexibility index (Phi) is 2.86. The van der Waals surface area contributed by atoms with Gasteiger partial charge in [0.05, 0.1) is 11.8 Å². The van der Waals surface area contributed by atoms with E-state index in [0.29, 0.717) is 12.3 Å². The van der Waals surface area contributed by atoms with Crippen LogP contribution in [0.3, 0.4) is 0 Å². The topological polar surface area (TPSA) is 42.3 Å². The molecule has 3 heterocycles. The van der Waals surface area contributed by atoms with Gasteiger partial charge in [-0.2, -0.15) is 13.2 Å². The third-order valence-electron chi connectivity index (χ3n) is 3.04. The second kappa shape index (κ2) is 4.31. The van der Waals surface area contributed by atoms with Crippen LogP contribution in [0.25, 0.3) is 5.65 Å². The maximum atomic E-state index is 12.7. The number of fused-ring (bicyclic) bond motifs is 1. The SMILES string of the molecule is FC(F)(F)c1cc(=S)n2[nH]c(C3CCCO3)cc2n1. The molecule has 0 radical (unpaired) electrons. The molecule has 0 saturated carbocycles. The first kappa shape index (κ1) is 12.6. The van der Waals surface area contributed by atoms with Crippen molar-refractivity contribution in [3.8, 4) is 0 Å². The van der Waals surface area contributed by atoms with E-state index in [9.17, 15) is 13.2 Å². The lowest BCUT2D eigenvalue weighted by Crippen LogP contribution is -2.09. The highest BCUT2D eigenvalue weighted by Gasteiger charge is 2.33. The Morgan fingerprint density at radius 3 is 2.84 bits per heavy atom. The van der Waals surface area contributed by atoms with E-state index in [1.807, 2.05) is 0 Å². The molecule has 8 heteroatoms. The molecule has 1 aliphatic rings.